The highest BCUT2D eigenvalue weighted by atomic mass is 32.2. The van der Waals surface area contributed by atoms with Crippen LogP contribution in [0.15, 0.2) is 63.4 Å². The van der Waals surface area contributed by atoms with Gasteiger partial charge in [0.1, 0.15) is 17.3 Å². The lowest BCUT2D eigenvalue weighted by Gasteiger charge is -2.48. The van der Waals surface area contributed by atoms with E-state index in [4.69, 9.17) is 15.3 Å². The van der Waals surface area contributed by atoms with Crippen molar-refractivity contribution in [2.75, 3.05) is 14.1 Å². The number of nitrogens with one attached hydrogen (secondary N) is 1. The molecule has 1 aliphatic carbocycles. The van der Waals surface area contributed by atoms with Crippen LogP contribution in [0.5, 0.6) is 11.5 Å². The molecule has 1 aromatic carbocycles. The van der Waals surface area contributed by atoms with Gasteiger partial charge in [-0.3, -0.25) is 14.1 Å². The summed E-state index contributed by atoms with van der Waals surface area (Å²) in [7, 11) is -2.49. The van der Waals surface area contributed by atoms with E-state index in [-0.39, 0.29) is 51.6 Å². The number of benzene rings is 1. The van der Waals surface area contributed by atoms with Gasteiger partial charge in [-0.2, -0.15) is 12.7 Å². The van der Waals surface area contributed by atoms with Crippen LogP contribution in [0.25, 0.3) is 0 Å². The van der Waals surface area contributed by atoms with Gasteiger partial charge in [0.25, 0.3) is 17.8 Å². The summed E-state index contributed by atoms with van der Waals surface area (Å²) in [5.41, 5.74) is 5.66. The zero-order valence-electron chi connectivity index (χ0n) is 31.3. The zero-order chi connectivity index (χ0) is 40.1. The second-order valence-electron chi connectivity index (χ2n) is 13.9. The Morgan fingerprint density at radius 2 is 1.98 bits per heavy atom. The van der Waals surface area contributed by atoms with Crippen molar-refractivity contribution in [1.82, 2.24) is 14.5 Å². The predicted molar refractivity (Wildman–Crippen MR) is 201 cm³/mol. The Balaban J connectivity index is 1.73. The number of carboxylic acid groups (broad SMARTS) is 1. The van der Waals surface area contributed by atoms with Crippen LogP contribution < -0.4 is 15.8 Å². The Bertz CT molecular complexity index is 1940. The number of aryl methyl sites for hydroxylation is 1. The number of oxime groups is 1. The lowest BCUT2D eigenvalue weighted by atomic mass is 9.76. The van der Waals surface area contributed by atoms with E-state index in [1.54, 1.807) is 12.1 Å². The first-order valence-electron chi connectivity index (χ1n) is 17.5. The van der Waals surface area contributed by atoms with Gasteiger partial charge in [-0.1, -0.05) is 42.6 Å². The van der Waals surface area contributed by atoms with Crippen molar-refractivity contribution in [3.63, 3.8) is 0 Å². The number of allylic oxidation sites excluding steroid dienone is 3. The molecule has 1 unspecified atom stereocenters. The number of phenols is 1. The molecule has 2 amide bonds. The van der Waals surface area contributed by atoms with Crippen LogP contribution in [0.1, 0.15) is 83.3 Å². The molecule has 1 fully saturated rings. The molecule has 294 valence electrons. The molecule has 54 heavy (non-hydrogen) atoms. The summed E-state index contributed by atoms with van der Waals surface area (Å²) in [6.45, 7) is 10.5. The third kappa shape index (κ3) is 9.10. The summed E-state index contributed by atoms with van der Waals surface area (Å²) >= 11 is 0. The Morgan fingerprint density at radius 3 is 2.56 bits per heavy atom. The number of unbranched alkanes of at least 4 members (excludes halogenated alkanes) is 2. The molecule has 0 bridgehead atoms. The Morgan fingerprint density at radius 1 is 1.28 bits per heavy atom. The highest BCUT2D eigenvalue weighted by Crippen LogP contribution is 2.45. The van der Waals surface area contributed by atoms with E-state index >= 15 is 0 Å². The summed E-state index contributed by atoms with van der Waals surface area (Å²) in [6, 6.07) is 1.62. The standard InChI is InChI=1S/C36H49N7O10S/c1-8-10-11-12-21-18-25(44)28(23-17-20(3)13-14-22(23)9-2)26(19-21)52-35(38-6)42(7)32-30(33(46)43(32)54(49,50)51)40-31(45)29(24-15-16-27(37)39-24)41-53-36(4,5)34(47)48/h9,15,17-19,22-23,30,32,44H,2,8,10-14,16H2,1,3-7H3,(H2,37,39)(H,40,45)(H,47,48)(H,49,50,51)/b38-35-,41-29-/t22-,23-,30+,32?/m1/s1. The van der Waals surface area contributed by atoms with Gasteiger partial charge < -0.3 is 35.7 Å². The fraction of sp³-hybridized carbons (Fsp3) is 0.500. The summed E-state index contributed by atoms with van der Waals surface area (Å²) in [6.07, 6.45) is 8.92. The molecule has 0 saturated carbocycles. The number of likely N-dealkylation sites (N-methyl/N-ethyl adjacent to an activating group) is 1. The number of ether oxygens (including phenoxy) is 1. The number of amidine groups is 2. The number of carboxylic acids is 1. The van der Waals surface area contributed by atoms with Gasteiger partial charge in [-0.05, 0) is 76.1 Å². The highest BCUT2D eigenvalue weighted by Gasteiger charge is 2.57. The molecule has 2 aliphatic heterocycles. The smallest absolute Gasteiger partial charge is 0.364 e. The first kappa shape index (κ1) is 41.5. The number of aliphatic imine (C=N–C) groups is 2. The van der Waals surface area contributed by atoms with E-state index in [1.807, 2.05) is 13.0 Å². The summed E-state index contributed by atoms with van der Waals surface area (Å²) in [5.74, 6) is -3.70. The second-order valence-corrected chi connectivity index (χ2v) is 15.2. The van der Waals surface area contributed by atoms with Gasteiger partial charge in [0.15, 0.2) is 17.9 Å². The number of nitrogens with zero attached hydrogens (tertiary/aromatic N) is 5. The minimum absolute atomic E-state index is 0.00643. The van der Waals surface area contributed by atoms with Gasteiger partial charge >= 0.3 is 16.3 Å². The molecule has 4 rings (SSSR count). The van der Waals surface area contributed by atoms with Crippen LogP contribution in [0, 0.1) is 5.92 Å². The van der Waals surface area contributed by atoms with Gasteiger partial charge in [0, 0.05) is 32.0 Å². The minimum Gasteiger partial charge on any atom is -0.507 e. The minimum atomic E-state index is -5.19. The predicted octanol–water partition coefficient (Wildman–Crippen LogP) is 3.38. The zero-order valence-corrected chi connectivity index (χ0v) is 32.1. The van der Waals surface area contributed by atoms with Gasteiger partial charge in [-0.25, -0.2) is 14.8 Å². The van der Waals surface area contributed by atoms with E-state index in [0.29, 0.717) is 12.0 Å². The third-order valence-electron chi connectivity index (χ3n) is 9.44. The number of aliphatic carboxylic acids is 1. The number of hydrogen-bond acceptors (Lipinski definition) is 12. The molecule has 0 spiro atoms. The largest absolute Gasteiger partial charge is 0.507 e. The van der Waals surface area contributed by atoms with Crippen LogP contribution in [0.4, 0.5) is 0 Å². The lowest BCUT2D eigenvalue weighted by molar-refractivity contribution is -0.161. The molecule has 1 aromatic rings. The molecule has 3 aliphatic rings. The van der Waals surface area contributed by atoms with E-state index in [9.17, 15) is 37.6 Å². The number of hydrogen-bond donors (Lipinski definition) is 5. The molecule has 1 saturated heterocycles. The lowest BCUT2D eigenvalue weighted by Crippen LogP contribution is -2.77. The van der Waals surface area contributed by atoms with Crippen LogP contribution in [0.2, 0.25) is 0 Å². The average Bonchev–Trinajstić information content (AvgIpc) is 3.52. The number of phenolic OH excluding ortho intramolecular Hbond substituents is 1. The van der Waals surface area contributed by atoms with Crippen LogP contribution >= 0.6 is 0 Å². The van der Waals surface area contributed by atoms with Gasteiger partial charge in [-0.15, -0.1) is 6.58 Å². The summed E-state index contributed by atoms with van der Waals surface area (Å²) in [5, 5.41) is 27.1. The molecule has 6 N–H and O–H groups in total. The number of carbonyl (C=O) groups excluding carboxylic acids is 2. The fourth-order valence-electron chi connectivity index (χ4n) is 6.37. The van der Waals surface area contributed by atoms with Gasteiger partial charge in [0.05, 0.1) is 5.70 Å². The van der Waals surface area contributed by atoms with Crippen LogP contribution in [0.3, 0.4) is 0 Å². The number of β-lactam (4-membered cyclic amide) rings is 1. The van der Waals surface area contributed by atoms with E-state index in [0.717, 1.165) is 48.1 Å². The molecule has 18 heteroatoms. The Hall–Kier alpha value is -5.23. The summed E-state index contributed by atoms with van der Waals surface area (Å²) < 4.78 is 41.7. The average molecular weight is 772 g/mol. The molecule has 0 aromatic heterocycles. The first-order chi connectivity index (χ1) is 25.3. The Labute approximate surface area is 314 Å². The summed E-state index contributed by atoms with van der Waals surface area (Å²) in [4.78, 5) is 53.2. The molecule has 4 atom stereocenters. The van der Waals surface area contributed by atoms with Crippen molar-refractivity contribution in [2.45, 2.75) is 96.4 Å². The normalized spacial score (nSPS) is 22.1. The van der Waals surface area contributed by atoms with E-state index in [1.165, 1.54) is 34.0 Å². The number of nitrogens with two attached hydrogens (primary N) is 1. The molecular weight excluding hydrogens is 723 g/mol. The maximum Gasteiger partial charge on any atom is 0.364 e. The first-order valence-corrected chi connectivity index (χ1v) is 18.9. The monoisotopic (exact) mass is 771 g/mol. The van der Waals surface area contributed by atoms with E-state index in [2.05, 4.69) is 40.0 Å². The molecule has 0 radical (unpaired) electrons. The van der Waals surface area contributed by atoms with Crippen LogP contribution in [-0.4, -0.2) is 99.6 Å². The second kappa shape index (κ2) is 16.8. The van der Waals surface area contributed by atoms with Crippen molar-refractivity contribution in [3.05, 3.63) is 59.3 Å². The van der Waals surface area contributed by atoms with Crippen LogP contribution in [-0.2, 0) is 35.9 Å². The van der Waals surface area contributed by atoms with Crippen molar-refractivity contribution in [3.8, 4) is 11.5 Å². The molecule has 2 heterocycles. The fourth-order valence-corrected chi connectivity index (χ4v) is 7.25. The SMILES string of the molecule is C=C[C@@H]1CCC(C)=C[C@H]1c1c(O)cc(CCCCC)cc1O/C(=N\C)N(C)C1[C@H](NC(=O)/C(=N\OC(C)(C)C(=O)O)C2=CCC(N)=N2)C(=O)N1S(=O)(=O)O. The van der Waals surface area contributed by atoms with Crippen molar-refractivity contribution >= 4 is 45.7 Å². The Kier molecular flexibility index (Phi) is 13.0. The number of aromatic hydroxyl groups is 1. The number of amides is 2. The van der Waals surface area contributed by atoms with Gasteiger partial charge in [0.2, 0.25) is 5.60 Å². The third-order valence-corrected chi connectivity index (χ3v) is 10.3. The molecular formula is C36H49N7O10S. The van der Waals surface area contributed by atoms with Crippen molar-refractivity contribution < 1.29 is 47.1 Å². The number of rotatable bonds is 15. The highest BCUT2D eigenvalue weighted by molar-refractivity contribution is 7.84. The maximum atomic E-state index is 13.7. The topological polar surface area (TPSA) is 246 Å². The van der Waals surface area contributed by atoms with E-state index < -0.39 is 51.6 Å². The maximum absolute atomic E-state index is 13.7. The molecule has 17 nitrogen and oxygen atoms in total. The number of carbonyl (C=O) groups is 3. The van der Waals surface area contributed by atoms with Crippen molar-refractivity contribution in [2.24, 2.45) is 26.8 Å². The quantitative estimate of drug-likeness (QED) is 0.0328. The van der Waals surface area contributed by atoms with Crippen molar-refractivity contribution in [1.29, 1.82) is 0 Å².